The molecule has 0 amide bonds. The molecule has 0 aromatic rings. The highest BCUT2D eigenvalue weighted by atomic mass is 15.3. The van der Waals surface area contributed by atoms with Crippen molar-refractivity contribution in [3.63, 3.8) is 0 Å². The molecule has 0 saturated heterocycles. The molecule has 2 fully saturated rings. The first-order valence-electron chi connectivity index (χ1n) is 5.67. The molecule has 3 heteroatoms. The standard InChI is InChI=1S/C11H17N3/c1-2-10(3-1)14-11-12-6-9(7-13-11)8-4-5-8/h6-8,10-12,14H,1-5H2. The molecule has 3 aliphatic rings. The highest BCUT2D eigenvalue weighted by Crippen LogP contribution is 2.35. The summed E-state index contributed by atoms with van der Waals surface area (Å²) in [5.41, 5.74) is 1.39. The van der Waals surface area contributed by atoms with E-state index in [1.807, 2.05) is 6.21 Å². The van der Waals surface area contributed by atoms with Gasteiger partial charge in [0.2, 0.25) is 0 Å². The van der Waals surface area contributed by atoms with Crippen molar-refractivity contribution in [3.8, 4) is 0 Å². The molecule has 0 aromatic carbocycles. The highest BCUT2D eigenvalue weighted by Gasteiger charge is 2.27. The van der Waals surface area contributed by atoms with Crippen molar-refractivity contribution in [1.29, 1.82) is 0 Å². The number of aliphatic imine (C=N–C) groups is 1. The smallest absolute Gasteiger partial charge is 0.173 e. The zero-order valence-electron chi connectivity index (χ0n) is 8.37. The van der Waals surface area contributed by atoms with Gasteiger partial charge in [0.1, 0.15) is 0 Å². The quantitative estimate of drug-likeness (QED) is 0.707. The number of allylic oxidation sites excluding steroid dienone is 1. The minimum Gasteiger partial charge on any atom is -0.357 e. The molecule has 2 aliphatic carbocycles. The van der Waals surface area contributed by atoms with Gasteiger partial charge >= 0.3 is 0 Å². The molecule has 1 unspecified atom stereocenters. The van der Waals surface area contributed by atoms with Crippen LogP contribution in [0.5, 0.6) is 0 Å². The van der Waals surface area contributed by atoms with Gasteiger partial charge in [0.05, 0.1) is 0 Å². The Balaban J connectivity index is 1.52. The fourth-order valence-electron chi connectivity index (χ4n) is 1.95. The molecular weight excluding hydrogens is 174 g/mol. The maximum atomic E-state index is 4.48. The van der Waals surface area contributed by atoms with Gasteiger partial charge in [0.25, 0.3) is 0 Å². The maximum Gasteiger partial charge on any atom is 0.173 e. The van der Waals surface area contributed by atoms with E-state index in [0.717, 1.165) is 5.92 Å². The highest BCUT2D eigenvalue weighted by molar-refractivity contribution is 5.80. The van der Waals surface area contributed by atoms with Gasteiger partial charge in [-0.25, -0.2) is 0 Å². The summed E-state index contributed by atoms with van der Waals surface area (Å²) in [6.07, 6.45) is 11.0. The van der Waals surface area contributed by atoms with Gasteiger partial charge in [-0.15, -0.1) is 0 Å². The maximum absolute atomic E-state index is 4.48. The van der Waals surface area contributed by atoms with Gasteiger partial charge in [0, 0.05) is 18.5 Å². The molecular formula is C11H17N3. The third-order valence-corrected chi connectivity index (χ3v) is 3.33. The van der Waals surface area contributed by atoms with Crippen LogP contribution in [0.3, 0.4) is 0 Å². The van der Waals surface area contributed by atoms with Crippen LogP contribution in [0.2, 0.25) is 0 Å². The first-order chi connectivity index (χ1) is 6.92. The van der Waals surface area contributed by atoms with E-state index >= 15 is 0 Å². The summed E-state index contributed by atoms with van der Waals surface area (Å²) < 4.78 is 0. The van der Waals surface area contributed by atoms with Crippen molar-refractivity contribution in [3.05, 3.63) is 11.8 Å². The van der Waals surface area contributed by atoms with Crippen LogP contribution < -0.4 is 10.6 Å². The third-order valence-electron chi connectivity index (χ3n) is 3.33. The van der Waals surface area contributed by atoms with Gasteiger partial charge < -0.3 is 5.32 Å². The van der Waals surface area contributed by atoms with E-state index < -0.39 is 0 Å². The molecule has 0 radical (unpaired) electrons. The molecule has 0 bridgehead atoms. The Morgan fingerprint density at radius 3 is 2.64 bits per heavy atom. The van der Waals surface area contributed by atoms with Crippen LogP contribution in [0.4, 0.5) is 0 Å². The molecule has 1 heterocycles. The summed E-state index contributed by atoms with van der Waals surface area (Å²) in [5.74, 6) is 0.802. The van der Waals surface area contributed by atoms with E-state index in [2.05, 4.69) is 21.8 Å². The van der Waals surface area contributed by atoms with E-state index in [9.17, 15) is 0 Å². The topological polar surface area (TPSA) is 36.4 Å². The number of hydrogen-bond acceptors (Lipinski definition) is 3. The van der Waals surface area contributed by atoms with Crippen molar-refractivity contribution in [2.45, 2.75) is 44.4 Å². The number of nitrogens with one attached hydrogen (secondary N) is 2. The second-order valence-electron chi connectivity index (χ2n) is 4.56. The normalized spacial score (nSPS) is 32.0. The van der Waals surface area contributed by atoms with Gasteiger partial charge in [-0.05, 0) is 37.2 Å². The van der Waals surface area contributed by atoms with Crippen LogP contribution in [-0.4, -0.2) is 18.5 Å². The Labute approximate surface area is 84.7 Å². The van der Waals surface area contributed by atoms with Crippen molar-refractivity contribution < 1.29 is 0 Å². The minimum absolute atomic E-state index is 0.128. The fraction of sp³-hybridized carbons (Fsp3) is 0.727. The first kappa shape index (κ1) is 8.48. The van der Waals surface area contributed by atoms with Crippen LogP contribution >= 0.6 is 0 Å². The molecule has 0 aromatic heterocycles. The van der Waals surface area contributed by atoms with E-state index in [1.54, 1.807) is 0 Å². The van der Waals surface area contributed by atoms with Gasteiger partial charge in [-0.3, -0.25) is 10.3 Å². The second kappa shape index (κ2) is 3.39. The SMILES string of the molecule is C1=NC(NC2CCC2)NC=C1C1CC1. The molecule has 1 aliphatic heterocycles. The van der Waals surface area contributed by atoms with E-state index in [0.29, 0.717) is 6.04 Å². The molecule has 14 heavy (non-hydrogen) atoms. The van der Waals surface area contributed by atoms with Crippen LogP contribution in [0, 0.1) is 5.92 Å². The molecule has 3 rings (SSSR count). The van der Waals surface area contributed by atoms with Crippen LogP contribution in [0.1, 0.15) is 32.1 Å². The molecule has 1 atom stereocenters. The fourth-order valence-corrected chi connectivity index (χ4v) is 1.95. The summed E-state index contributed by atoms with van der Waals surface area (Å²) >= 11 is 0. The summed E-state index contributed by atoms with van der Waals surface area (Å²) in [4.78, 5) is 4.48. The average molecular weight is 191 g/mol. The van der Waals surface area contributed by atoms with Crippen LogP contribution in [-0.2, 0) is 0 Å². The van der Waals surface area contributed by atoms with Crippen molar-refractivity contribution in [2.24, 2.45) is 10.9 Å². The van der Waals surface area contributed by atoms with Crippen molar-refractivity contribution >= 4 is 6.21 Å². The zero-order valence-corrected chi connectivity index (χ0v) is 8.37. The average Bonchev–Trinajstić information content (AvgIpc) is 2.96. The minimum atomic E-state index is 0.128. The Morgan fingerprint density at radius 1 is 1.29 bits per heavy atom. The second-order valence-corrected chi connectivity index (χ2v) is 4.56. The van der Waals surface area contributed by atoms with Crippen molar-refractivity contribution in [2.75, 3.05) is 0 Å². The van der Waals surface area contributed by atoms with Crippen molar-refractivity contribution in [1.82, 2.24) is 10.6 Å². The lowest BCUT2D eigenvalue weighted by atomic mass is 9.93. The predicted molar refractivity (Wildman–Crippen MR) is 57.0 cm³/mol. The summed E-state index contributed by atoms with van der Waals surface area (Å²) in [6.45, 7) is 0. The summed E-state index contributed by atoms with van der Waals surface area (Å²) in [6, 6.07) is 0.695. The van der Waals surface area contributed by atoms with Crippen LogP contribution in [0.15, 0.2) is 16.8 Å². The molecule has 2 N–H and O–H groups in total. The van der Waals surface area contributed by atoms with Gasteiger partial charge in [0.15, 0.2) is 6.29 Å². The van der Waals surface area contributed by atoms with E-state index in [4.69, 9.17) is 0 Å². The number of hydrogen-bond donors (Lipinski definition) is 2. The Hall–Kier alpha value is -0.830. The molecule has 76 valence electrons. The third kappa shape index (κ3) is 1.69. The summed E-state index contributed by atoms with van der Waals surface area (Å²) in [7, 11) is 0. The number of nitrogens with zero attached hydrogens (tertiary/aromatic N) is 1. The molecule has 0 spiro atoms. The van der Waals surface area contributed by atoms with Crippen LogP contribution in [0.25, 0.3) is 0 Å². The van der Waals surface area contributed by atoms with Gasteiger partial charge in [-0.1, -0.05) is 6.42 Å². The lowest BCUT2D eigenvalue weighted by Gasteiger charge is -2.31. The largest absolute Gasteiger partial charge is 0.357 e. The Kier molecular flexibility index (Phi) is 2.05. The lowest BCUT2D eigenvalue weighted by Crippen LogP contribution is -2.48. The molecule has 3 nitrogen and oxygen atoms in total. The zero-order chi connectivity index (χ0) is 9.38. The van der Waals surface area contributed by atoms with Gasteiger partial charge in [-0.2, -0.15) is 0 Å². The predicted octanol–water partition coefficient (Wildman–Crippen LogP) is 1.38. The lowest BCUT2D eigenvalue weighted by molar-refractivity contribution is 0.294. The molecule has 2 saturated carbocycles. The van der Waals surface area contributed by atoms with E-state index in [1.165, 1.54) is 37.7 Å². The number of rotatable bonds is 3. The Bertz CT molecular complexity index is 274. The summed E-state index contributed by atoms with van der Waals surface area (Å²) in [5, 5.41) is 6.80. The first-order valence-corrected chi connectivity index (χ1v) is 5.67. The Morgan fingerprint density at radius 2 is 2.14 bits per heavy atom. The van der Waals surface area contributed by atoms with E-state index in [-0.39, 0.29) is 6.29 Å². The monoisotopic (exact) mass is 191 g/mol.